The molecular formula is C25H26N2O4. The van der Waals surface area contributed by atoms with Crippen LogP contribution in [0.3, 0.4) is 0 Å². The molecule has 0 unspecified atom stereocenters. The third-order valence-electron chi connectivity index (χ3n) is 4.71. The van der Waals surface area contributed by atoms with Crippen LogP contribution in [0.2, 0.25) is 0 Å². The van der Waals surface area contributed by atoms with Crippen LogP contribution in [-0.4, -0.2) is 25.0 Å². The standard InChI is InChI=1S/C25H26N2O4/c1-3-23(31-20-13-9-12-19(16-20)30-2)25(29)27-22-15-8-7-14-21(22)24(28)26-17-18-10-5-4-6-11-18/h4-16,23H,3,17H2,1-2H3,(H,26,28)(H,27,29)/t23-/m0/s1. The Hall–Kier alpha value is -3.80. The molecule has 1 atom stereocenters. The average Bonchev–Trinajstić information content (AvgIpc) is 2.82. The van der Waals surface area contributed by atoms with E-state index in [-0.39, 0.29) is 11.8 Å². The topological polar surface area (TPSA) is 76.7 Å². The van der Waals surface area contributed by atoms with Gasteiger partial charge in [-0.3, -0.25) is 9.59 Å². The fourth-order valence-electron chi connectivity index (χ4n) is 3.04. The fraction of sp³-hybridized carbons (Fsp3) is 0.200. The molecule has 3 rings (SSSR count). The van der Waals surface area contributed by atoms with Gasteiger partial charge in [-0.25, -0.2) is 0 Å². The summed E-state index contributed by atoms with van der Waals surface area (Å²) >= 11 is 0. The molecule has 31 heavy (non-hydrogen) atoms. The minimum absolute atomic E-state index is 0.262. The van der Waals surface area contributed by atoms with Crippen LogP contribution in [0, 0.1) is 0 Å². The predicted molar refractivity (Wildman–Crippen MR) is 120 cm³/mol. The Kier molecular flexibility index (Phi) is 7.65. The van der Waals surface area contributed by atoms with Gasteiger partial charge in [0, 0.05) is 12.6 Å². The summed E-state index contributed by atoms with van der Waals surface area (Å²) in [5.41, 5.74) is 1.82. The van der Waals surface area contributed by atoms with Gasteiger partial charge in [0.15, 0.2) is 6.10 Å². The maximum atomic E-state index is 12.9. The summed E-state index contributed by atoms with van der Waals surface area (Å²) < 4.78 is 11.1. The number of nitrogens with one attached hydrogen (secondary N) is 2. The smallest absolute Gasteiger partial charge is 0.265 e. The Morgan fingerprint density at radius 3 is 2.35 bits per heavy atom. The van der Waals surface area contributed by atoms with Gasteiger partial charge in [-0.15, -0.1) is 0 Å². The second-order valence-corrected chi connectivity index (χ2v) is 6.90. The molecule has 3 aromatic carbocycles. The monoisotopic (exact) mass is 418 g/mol. The summed E-state index contributed by atoms with van der Waals surface area (Å²) in [6.07, 6.45) is -0.252. The Bertz CT molecular complexity index is 1020. The van der Waals surface area contributed by atoms with Gasteiger partial charge < -0.3 is 20.1 Å². The predicted octanol–water partition coefficient (Wildman–Crippen LogP) is 4.42. The van der Waals surface area contributed by atoms with E-state index >= 15 is 0 Å². The number of para-hydroxylation sites is 1. The number of carbonyl (C=O) groups is 2. The van der Waals surface area contributed by atoms with Gasteiger partial charge in [-0.2, -0.15) is 0 Å². The largest absolute Gasteiger partial charge is 0.497 e. The number of methoxy groups -OCH3 is 1. The first-order valence-corrected chi connectivity index (χ1v) is 10.1. The van der Waals surface area contributed by atoms with Gasteiger partial charge in [0.1, 0.15) is 11.5 Å². The Balaban J connectivity index is 1.68. The molecule has 0 saturated carbocycles. The summed E-state index contributed by atoms with van der Waals surface area (Å²) in [6.45, 7) is 2.27. The van der Waals surface area contributed by atoms with E-state index in [0.717, 1.165) is 5.56 Å². The van der Waals surface area contributed by atoms with Crippen LogP contribution < -0.4 is 20.1 Å². The Morgan fingerprint density at radius 1 is 0.903 bits per heavy atom. The van der Waals surface area contributed by atoms with Crippen LogP contribution in [0.1, 0.15) is 29.3 Å². The van der Waals surface area contributed by atoms with E-state index in [0.29, 0.717) is 35.7 Å². The van der Waals surface area contributed by atoms with E-state index < -0.39 is 6.10 Å². The molecule has 0 bridgehead atoms. The van der Waals surface area contributed by atoms with Gasteiger partial charge in [0.25, 0.3) is 11.8 Å². The summed E-state index contributed by atoms with van der Waals surface area (Å²) in [5.74, 6) is 0.596. The molecule has 2 N–H and O–H groups in total. The molecule has 0 fully saturated rings. The number of rotatable bonds is 9. The van der Waals surface area contributed by atoms with Crippen molar-refractivity contribution in [3.8, 4) is 11.5 Å². The number of ether oxygens (including phenoxy) is 2. The van der Waals surface area contributed by atoms with Crippen LogP contribution in [0.4, 0.5) is 5.69 Å². The molecule has 0 aliphatic rings. The molecule has 3 aromatic rings. The fourth-order valence-corrected chi connectivity index (χ4v) is 3.04. The third kappa shape index (κ3) is 6.09. The van der Waals surface area contributed by atoms with Crippen molar-refractivity contribution in [2.75, 3.05) is 12.4 Å². The molecule has 0 aliphatic heterocycles. The van der Waals surface area contributed by atoms with Crippen LogP contribution in [0.25, 0.3) is 0 Å². The molecule has 0 aliphatic carbocycles. The van der Waals surface area contributed by atoms with Gasteiger partial charge in [-0.1, -0.05) is 55.5 Å². The zero-order valence-electron chi connectivity index (χ0n) is 17.6. The van der Waals surface area contributed by atoms with Crippen molar-refractivity contribution in [3.63, 3.8) is 0 Å². The van der Waals surface area contributed by atoms with Crippen LogP contribution in [-0.2, 0) is 11.3 Å². The lowest BCUT2D eigenvalue weighted by Gasteiger charge is -2.19. The van der Waals surface area contributed by atoms with Crippen molar-refractivity contribution < 1.29 is 19.1 Å². The average molecular weight is 418 g/mol. The lowest BCUT2D eigenvalue weighted by Crippen LogP contribution is -2.33. The first kappa shape index (κ1) is 21.9. The van der Waals surface area contributed by atoms with Crippen molar-refractivity contribution in [2.45, 2.75) is 26.0 Å². The van der Waals surface area contributed by atoms with Crippen LogP contribution in [0.5, 0.6) is 11.5 Å². The van der Waals surface area contributed by atoms with Crippen molar-refractivity contribution in [3.05, 3.63) is 90.0 Å². The first-order valence-electron chi connectivity index (χ1n) is 10.1. The second kappa shape index (κ2) is 10.8. The van der Waals surface area contributed by atoms with Crippen molar-refractivity contribution in [1.82, 2.24) is 5.32 Å². The van der Waals surface area contributed by atoms with Crippen molar-refractivity contribution in [1.29, 1.82) is 0 Å². The highest BCUT2D eigenvalue weighted by molar-refractivity contribution is 6.04. The highest BCUT2D eigenvalue weighted by Crippen LogP contribution is 2.22. The minimum atomic E-state index is -0.715. The highest BCUT2D eigenvalue weighted by atomic mass is 16.5. The molecule has 2 amide bonds. The Labute approximate surface area is 182 Å². The summed E-state index contributed by atoms with van der Waals surface area (Å²) in [5, 5.41) is 5.72. The maximum Gasteiger partial charge on any atom is 0.265 e. The van der Waals surface area contributed by atoms with Gasteiger partial charge >= 0.3 is 0 Å². The number of carbonyl (C=O) groups excluding carboxylic acids is 2. The zero-order chi connectivity index (χ0) is 22.1. The Morgan fingerprint density at radius 2 is 1.61 bits per heavy atom. The highest BCUT2D eigenvalue weighted by Gasteiger charge is 2.21. The SMILES string of the molecule is CC[C@H](Oc1cccc(OC)c1)C(=O)Nc1ccccc1C(=O)NCc1ccccc1. The normalized spacial score (nSPS) is 11.3. The van der Waals surface area contributed by atoms with Crippen molar-refractivity contribution in [2.24, 2.45) is 0 Å². The molecule has 0 heterocycles. The summed E-state index contributed by atoms with van der Waals surface area (Å²) in [7, 11) is 1.57. The molecule has 0 radical (unpaired) electrons. The van der Waals surface area contributed by atoms with Crippen LogP contribution >= 0.6 is 0 Å². The lowest BCUT2D eigenvalue weighted by atomic mass is 10.1. The molecule has 0 spiro atoms. The summed E-state index contributed by atoms with van der Waals surface area (Å²) in [4.78, 5) is 25.6. The van der Waals surface area contributed by atoms with E-state index in [2.05, 4.69) is 10.6 Å². The number of anilines is 1. The van der Waals surface area contributed by atoms with E-state index in [1.54, 1.807) is 55.6 Å². The van der Waals surface area contributed by atoms with E-state index in [9.17, 15) is 9.59 Å². The zero-order valence-corrected chi connectivity index (χ0v) is 17.6. The summed E-state index contributed by atoms with van der Waals surface area (Å²) in [6, 6.07) is 23.6. The molecule has 0 aromatic heterocycles. The first-order chi connectivity index (χ1) is 15.1. The van der Waals surface area contributed by atoms with Gasteiger partial charge in [0.05, 0.1) is 18.4 Å². The number of hydrogen-bond acceptors (Lipinski definition) is 4. The molecule has 6 heteroatoms. The quantitative estimate of drug-likeness (QED) is 0.539. The van der Waals surface area contributed by atoms with Crippen molar-refractivity contribution >= 4 is 17.5 Å². The van der Waals surface area contributed by atoms with Crippen LogP contribution in [0.15, 0.2) is 78.9 Å². The van der Waals surface area contributed by atoms with Gasteiger partial charge in [-0.05, 0) is 36.2 Å². The molecular weight excluding hydrogens is 392 g/mol. The van der Waals surface area contributed by atoms with E-state index in [4.69, 9.17) is 9.47 Å². The third-order valence-corrected chi connectivity index (χ3v) is 4.71. The molecule has 6 nitrogen and oxygen atoms in total. The number of amides is 2. The second-order valence-electron chi connectivity index (χ2n) is 6.90. The number of hydrogen-bond donors (Lipinski definition) is 2. The molecule has 0 saturated heterocycles. The van der Waals surface area contributed by atoms with E-state index in [1.807, 2.05) is 37.3 Å². The maximum absolute atomic E-state index is 12.9. The lowest BCUT2D eigenvalue weighted by molar-refractivity contribution is -0.122. The number of benzene rings is 3. The van der Waals surface area contributed by atoms with E-state index in [1.165, 1.54) is 0 Å². The minimum Gasteiger partial charge on any atom is -0.497 e. The van der Waals surface area contributed by atoms with Gasteiger partial charge in [0.2, 0.25) is 0 Å². The molecule has 160 valence electrons.